The molecule has 0 unspecified atom stereocenters. The molecule has 2 rings (SSSR count). The van der Waals surface area contributed by atoms with Gasteiger partial charge in [-0.25, -0.2) is 9.78 Å². The minimum absolute atomic E-state index is 0.0558. The summed E-state index contributed by atoms with van der Waals surface area (Å²) in [7, 11) is 0. The number of thiazole rings is 1. The van der Waals surface area contributed by atoms with Crippen LogP contribution >= 0.6 is 23.1 Å². The summed E-state index contributed by atoms with van der Waals surface area (Å²) in [4.78, 5) is 28.1. The lowest BCUT2D eigenvalue weighted by Gasteiger charge is -2.25. The van der Waals surface area contributed by atoms with Crippen LogP contribution in [0.5, 0.6) is 0 Å². The average Bonchev–Trinajstić information content (AvgIpc) is 2.78. The Morgan fingerprint density at radius 2 is 2.06 bits per heavy atom. The molecule has 86 valence electrons. The van der Waals surface area contributed by atoms with Crippen LogP contribution in [0.15, 0.2) is 5.38 Å². The highest BCUT2D eigenvalue weighted by Crippen LogP contribution is 2.16. The number of nitrogens with zero attached hydrogens (tertiary/aromatic N) is 2. The maximum Gasteiger partial charge on any atom is 0.355 e. The number of aromatic carboxylic acids is 1. The first-order valence-electron chi connectivity index (χ1n) is 4.74. The van der Waals surface area contributed by atoms with Gasteiger partial charge in [0, 0.05) is 30.0 Å². The standard InChI is InChI=1S/C9H10N2O3S2/c12-8(11-1-3-15-4-2-11)7-10-6(5-16-7)9(13)14/h5H,1-4H2,(H,13,14). The van der Waals surface area contributed by atoms with Crippen molar-refractivity contribution in [3.63, 3.8) is 0 Å². The number of aromatic nitrogens is 1. The first kappa shape index (κ1) is 11.4. The predicted octanol–water partition coefficient (Wildman–Crippen LogP) is 1.03. The molecule has 1 saturated heterocycles. The molecule has 5 nitrogen and oxygen atoms in total. The zero-order valence-corrected chi connectivity index (χ0v) is 10.0. The second kappa shape index (κ2) is 4.84. The number of hydrogen-bond acceptors (Lipinski definition) is 5. The van der Waals surface area contributed by atoms with Crippen LogP contribution < -0.4 is 0 Å². The summed E-state index contributed by atoms with van der Waals surface area (Å²) in [5.74, 6) is 0.619. The lowest BCUT2D eigenvalue weighted by molar-refractivity contribution is 0.0691. The molecular weight excluding hydrogens is 248 g/mol. The van der Waals surface area contributed by atoms with Gasteiger partial charge in [0.2, 0.25) is 0 Å². The van der Waals surface area contributed by atoms with Gasteiger partial charge in [-0.05, 0) is 0 Å². The van der Waals surface area contributed by atoms with Crippen LogP contribution in [0.25, 0.3) is 0 Å². The van der Waals surface area contributed by atoms with Gasteiger partial charge in [-0.1, -0.05) is 0 Å². The Kier molecular flexibility index (Phi) is 3.45. The highest BCUT2D eigenvalue weighted by molar-refractivity contribution is 7.99. The van der Waals surface area contributed by atoms with E-state index in [0.717, 1.165) is 22.8 Å². The minimum Gasteiger partial charge on any atom is -0.476 e. The van der Waals surface area contributed by atoms with Gasteiger partial charge in [-0.3, -0.25) is 4.79 Å². The summed E-state index contributed by atoms with van der Waals surface area (Å²) >= 11 is 2.91. The van der Waals surface area contributed by atoms with Gasteiger partial charge in [0.15, 0.2) is 10.7 Å². The van der Waals surface area contributed by atoms with Gasteiger partial charge < -0.3 is 10.0 Å². The van der Waals surface area contributed by atoms with Crippen LogP contribution in [-0.2, 0) is 0 Å². The van der Waals surface area contributed by atoms with E-state index in [9.17, 15) is 9.59 Å². The molecule has 0 radical (unpaired) electrons. The molecule has 7 heteroatoms. The fourth-order valence-electron chi connectivity index (χ4n) is 1.37. The zero-order chi connectivity index (χ0) is 11.5. The SMILES string of the molecule is O=C(O)c1csc(C(=O)N2CCSCC2)n1. The largest absolute Gasteiger partial charge is 0.476 e. The maximum atomic E-state index is 11.9. The Morgan fingerprint density at radius 3 is 2.62 bits per heavy atom. The number of thioether (sulfide) groups is 1. The first-order chi connectivity index (χ1) is 7.68. The molecule has 2 heterocycles. The summed E-state index contributed by atoms with van der Waals surface area (Å²) in [6.07, 6.45) is 0. The van der Waals surface area contributed by atoms with E-state index in [4.69, 9.17) is 5.11 Å². The van der Waals surface area contributed by atoms with Crippen LogP contribution in [0, 0.1) is 0 Å². The molecule has 1 aromatic rings. The third-order valence-electron chi connectivity index (χ3n) is 2.20. The van der Waals surface area contributed by atoms with Crippen molar-refractivity contribution in [1.82, 2.24) is 9.88 Å². The van der Waals surface area contributed by atoms with Gasteiger partial charge in [-0.2, -0.15) is 11.8 Å². The maximum absolute atomic E-state index is 11.9. The third-order valence-corrected chi connectivity index (χ3v) is 3.98. The van der Waals surface area contributed by atoms with Crippen molar-refractivity contribution >= 4 is 35.0 Å². The molecule has 1 aliphatic rings. The molecule has 0 bridgehead atoms. The summed E-state index contributed by atoms with van der Waals surface area (Å²) in [6.45, 7) is 1.43. The van der Waals surface area contributed by atoms with E-state index < -0.39 is 5.97 Å². The van der Waals surface area contributed by atoms with E-state index in [0.29, 0.717) is 13.1 Å². The Morgan fingerprint density at radius 1 is 1.38 bits per heavy atom. The molecule has 1 aliphatic heterocycles. The van der Waals surface area contributed by atoms with Crippen molar-refractivity contribution in [1.29, 1.82) is 0 Å². The Hall–Kier alpha value is -1.08. The number of carboxylic acids is 1. The van der Waals surface area contributed by atoms with Crippen molar-refractivity contribution < 1.29 is 14.7 Å². The monoisotopic (exact) mass is 258 g/mol. The van der Waals surface area contributed by atoms with Crippen LogP contribution in [0.4, 0.5) is 0 Å². The number of rotatable bonds is 2. The van der Waals surface area contributed by atoms with Gasteiger partial charge in [0.25, 0.3) is 5.91 Å². The van der Waals surface area contributed by atoms with Crippen molar-refractivity contribution in [2.24, 2.45) is 0 Å². The second-order valence-corrected chi connectivity index (χ2v) is 5.33. The predicted molar refractivity (Wildman–Crippen MR) is 62.3 cm³/mol. The van der Waals surface area contributed by atoms with E-state index in [-0.39, 0.29) is 16.6 Å². The van der Waals surface area contributed by atoms with Crippen LogP contribution in [0.3, 0.4) is 0 Å². The smallest absolute Gasteiger partial charge is 0.355 e. The van der Waals surface area contributed by atoms with Crippen molar-refractivity contribution in [2.75, 3.05) is 24.6 Å². The topological polar surface area (TPSA) is 70.5 Å². The van der Waals surface area contributed by atoms with Gasteiger partial charge in [0.05, 0.1) is 0 Å². The van der Waals surface area contributed by atoms with Gasteiger partial charge in [0.1, 0.15) is 0 Å². The second-order valence-electron chi connectivity index (χ2n) is 3.25. The molecule has 1 N–H and O–H groups in total. The van der Waals surface area contributed by atoms with Crippen LogP contribution in [0.2, 0.25) is 0 Å². The number of carbonyl (C=O) groups excluding carboxylic acids is 1. The molecule has 0 aliphatic carbocycles. The Bertz CT molecular complexity index is 413. The van der Waals surface area contributed by atoms with E-state index in [2.05, 4.69) is 4.98 Å². The average molecular weight is 258 g/mol. The molecule has 0 aromatic carbocycles. The molecule has 1 fully saturated rings. The Labute approximate surface area is 100 Å². The number of carboxylic acid groups (broad SMARTS) is 1. The highest BCUT2D eigenvalue weighted by atomic mass is 32.2. The number of carbonyl (C=O) groups is 2. The lowest BCUT2D eigenvalue weighted by atomic mass is 10.4. The molecule has 0 atom stereocenters. The summed E-state index contributed by atoms with van der Waals surface area (Å²) < 4.78 is 0. The molecule has 1 amide bonds. The lowest BCUT2D eigenvalue weighted by Crippen LogP contribution is -2.37. The number of hydrogen-bond donors (Lipinski definition) is 1. The van der Waals surface area contributed by atoms with Crippen molar-refractivity contribution in [3.05, 3.63) is 16.1 Å². The van der Waals surface area contributed by atoms with E-state index in [1.807, 2.05) is 11.8 Å². The van der Waals surface area contributed by atoms with Gasteiger partial charge >= 0.3 is 5.97 Å². The fraction of sp³-hybridized carbons (Fsp3) is 0.444. The highest BCUT2D eigenvalue weighted by Gasteiger charge is 2.22. The molecule has 1 aromatic heterocycles. The minimum atomic E-state index is -1.09. The summed E-state index contributed by atoms with van der Waals surface area (Å²) in [5, 5.41) is 10.4. The van der Waals surface area contributed by atoms with Crippen LogP contribution in [-0.4, -0.2) is 51.5 Å². The zero-order valence-electron chi connectivity index (χ0n) is 8.38. The van der Waals surface area contributed by atoms with E-state index in [1.165, 1.54) is 5.38 Å². The number of amides is 1. The molecule has 0 saturated carbocycles. The fourth-order valence-corrected chi connectivity index (χ4v) is 3.03. The van der Waals surface area contributed by atoms with E-state index >= 15 is 0 Å². The third kappa shape index (κ3) is 2.35. The molecule has 16 heavy (non-hydrogen) atoms. The van der Waals surface area contributed by atoms with E-state index in [1.54, 1.807) is 4.90 Å². The molecular formula is C9H10N2O3S2. The summed E-state index contributed by atoms with van der Waals surface area (Å²) in [6, 6.07) is 0. The first-order valence-corrected chi connectivity index (χ1v) is 6.78. The van der Waals surface area contributed by atoms with Crippen molar-refractivity contribution in [3.8, 4) is 0 Å². The van der Waals surface area contributed by atoms with Gasteiger partial charge in [-0.15, -0.1) is 11.3 Å². The van der Waals surface area contributed by atoms with Crippen LogP contribution in [0.1, 0.15) is 20.3 Å². The summed E-state index contributed by atoms with van der Waals surface area (Å²) in [5.41, 5.74) is -0.0558. The Balaban J connectivity index is 2.10. The van der Waals surface area contributed by atoms with Crippen molar-refractivity contribution in [2.45, 2.75) is 0 Å². The molecule has 0 spiro atoms. The quantitative estimate of drug-likeness (QED) is 0.858. The normalized spacial score (nSPS) is 16.1.